The van der Waals surface area contributed by atoms with Crippen LogP contribution in [0, 0.1) is 17.3 Å². The number of rotatable bonds is 10. The Morgan fingerprint density at radius 1 is 1.23 bits per heavy atom. The number of likely N-dealkylation sites (tertiary alicyclic amines) is 1. The molecule has 0 spiro atoms. The number of hydrogen-bond donors (Lipinski definition) is 3. The number of carbonyl (C=O) groups excluding carboxylic acids is 3. The molecule has 1 heterocycles. The smallest absolute Gasteiger partial charge is 0.315 e. The summed E-state index contributed by atoms with van der Waals surface area (Å²) in [5, 5.41) is 15.5. The second-order valence-electron chi connectivity index (χ2n) is 11.4. The van der Waals surface area contributed by atoms with Crippen molar-refractivity contribution in [2.24, 2.45) is 17.3 Å². The molecule has 4 atom stereocenters. The van der Waals surface area contributed by atoms with Gasteiger partial charge in [-0.1, -0.05) is 58.9 Å². The van der Waals surface area contributed by atoms with E-state index in [1.54, 1.807) is 11.0 Å². The van der Waals surface area contributed by atoms with Gasteiger partial charge in [0.1, 0.15) is 12.3 Å². The quantitative estimate of drug-likeness (QED) is 0.440. The van der Waals surface area contributed by atoms with Gasteiger partial charge >= 0.3 is 6.03 Å². The van der Waals surface area contributed by atoms with Crippen molar-refractivity contribution in [2.45, 2.75) is 72.6 Å². The third-order valence-electron chi connectivity index (χ3n) is 6.84. The number of aldehydes is 1. The van der Waals surface area contributed by atoms with Crippen molar-refractivity contribution in [1.82, 2.24) is 20.4 Å². The van der Waals surface area contributed by atoms with Crippen LogP contribution >= 0.6 is 0 Å². The van der Waals surface area contributed by atoms with Crippen LogP contribution in [0.5, 0.6) is 0 Å². The van der Waals surface area contributed by atoms with Gasteiger partial charge in [-0.05, 0) is 37.3 Å². The molecule has 1 fully saturated rings. The second kappa shape index (κ2) is 12.5. The van der Waals surface area contributed by atoms with Crippen LogP contribution in [-0.2, 0) is 11.3 Å². The third-order valence-corrected chi connectivity index (χ3v) is 6.84. The summed E-state index contributed by atoms with van der Waals surface area (Å²) in [6.07, 6.45) is 1.63. The molecule has 1 aliphatic rings. The lowest BCUT2D eigenvalue weighted by atomic mass is 9.85. The number of aliphatic hydroxyl groups is 1. The first-order chi connectivity index (χ1) is 16.4. The maximum Gasteiger partial charge on any atom is 0.315 e. The molecule has 1 saturated heterocycles. The highest BCUT2D eigenvalue weighted by Crippen LogP contribution is 2.28. The first-order valence-electron chi connectivity index (χ1n) is 12.6. The molecule has 3 N–H and O–H groups in total. The van der Waals surface area contributed by atoms with Gasteiger partial charge in [0.2, 0.25) is 5.91 Å². The Kier molecular flexibility index (Phi) is 10.3. The summed E-state index contributed by atoms with van der Waals surface area (Å²) in [7, 11) is 1.96. The maximum atomic E-state index is 13.4. The molecule has 2 rings (SSSR count). The predicted molar refractivity (Wildman–Crippen MR) is 138 cm³/mol. The number of aliphatic hydroxyl groups excluding tert-OH is 1. The fourth-order valence-electron chi connectivity index (χ4n) is 4.64. The van der Waals surface area contributed by atoms with Gasteiger partial charge in [-0.25, -0.2) is 4.79 Å². The van der Waals surface area contributed by atoms with E-state index in [-0.39, 0.29) is 42.5 Å². The van der Waals surface area contributed by atoms with Crippen LogP contribution in [0.2, 0.25) is 0 Å². The molecule has 1 aromatic rings. The molecule has 1 aliphatic heterocycles. The van der Waals surface area contributed by atoms with Gasteiger partial charge in [0.25, 0.3) is 0 Å². The van der Waals surface area contributed by atoms with E-state index in [2.05, 4.69) is 15.5 Å². The number of benzene rings is 1. The van der Waals surface area contributed by atoms with Crippen molar-refractivity contribution in [2.75, 3.05) is 26.7 Å². The Hall–Kier alpha value is -2.45. The lowest BCUT2D eigenvalue weighted by Gasteiger charge is -2.36. The summed E-state index contributed by atoms with van der Waals surface area (Å²) < 4.78 is 0. The van der Waals surface area contributed by atoms with Gasteiger partial charge in [-0.3, -0.25) is 9.59 Å². The van der Waals surface area contributed by atoms with Crippen LogP contribution in [0.4, 0.5) is 4.79 Å². The Bertz CT molecular complexity index is 867. The van der Waals surface area contributed by atoms with Gasteiger partial charge in [-0.2, -0.15) is 0 Å². The lowest BCUT2D eigenvalue weighted by molar-refractivity contribution is -0.136. The topological polar surface area (TPSA) is 102 Å². The second-order valence-corrected chi connectivity index (χ2v) is 11.4. The van der Waals surface area contributed by atoms with E-state index in [1.165, 1.54) is 0 Å². The minimum atomic E-state index is -0.688. The lowest BCUT2D eigenvalue weighted by Crippen LogP contribution is -2.59. The van der Waals surface area contributed by atoms with Crippen molar-refractivity contribution >= 4 is 18.2 Å². The standard InChI is InChI=1S/C27H44N4O4/c1-18(2)23(15-30(7)14-21-10-8-9-11-22(21)17-33)28-26(35)29-24(27(4,5)6)25(34)31-13-20(16-32)12-19(31)3/h8-11,17-20,23-24,32H,12-16H2,1-7H3,(H2,28,29,35). The molecule has 8 nitrogen and oxygen atoms in total. The minimum absolute atomic E-state index is 0.0284. The molecule has 1 aromatic carbocycles. The van der Waals surface area contributed by atoms with Crippen molar-refractivity contribution in [1.29, 1.82) is 0 Å². The van der Waals surface area contributed by atoms with Crippen LogP contribution in [0.15, 0.2) is 24.3 Å². The number of likely N-dealkylation sites (N-methyl/N-ethyl adjacent to an activating group) is 1. The first kappa shape index (κ1) is 28.8. The summed E-state index contributed by atoms with van der Waals surface area (Å²) in [6, 6.07) is 6.31. The van der Waals surface area contributed by atoms with Crippen molar-refractivity contribution < 1.29 is 19.5 Å². The number of nitrogens with one attached hydrogen (secondary N) is 2. The molecular weight excluding hydrogens is 444 g/mol. The van der Waals surface area contributed by atoms with E-state index in [9.17, 15) is 19.5 Å². The van der Waals surface area contributed by atoms with Gasteiger partial charge in [0.05, 0.1) is 0 Å². The Labute approximate surface area is 210 Å². The van der Waals surface area contributed by atoms with Crippen LogP contribution < -0.4 is 10.6 Å². The van der Waals surface area contributed by atoms with Crippen molar-refractivity contribution in [3.63, 3.8) is 0 Å². The molecule has 0 radical (unpaired) electrons. The largest absolute Gasteiger partial charge is 0.396 e. The van der Waals surface area contributed by atoms with Gasteiger partial charge < -0.3 is 25.5 Å². The zero-order valence-electron chi connectivity index (χ0n) is 22.4. The molecule has 0 bridgehead atoms. The number of hydrogen-bond acceptors (Lipinski definition) is 5. The zero-order chi connectivity index (χ0) is 26.3. The number of urea groups is 1. The summed E-state index contributed by atoms with van der Waals surface area (Å²) in [5.74, 6) is 0.130. The normalized spacial score (nSPS) is 20.1. The van der Waals surface area contributed by atoms with E-state index in [0.717, 1.165) is 18.3 Å². The van der Waals surface area contributed by atoms with E-state index >= 15 is 0 Å². The zero-order valence-corrected chi connectivity index (χ0v) is 22.4. The third kappa shape index (κ3) is 8.04. The molecule has 4 unspecified atom stereocenters. The van der Waals surface area contributed by atoms with Crippen LogP contribution in [0.3, 0.4) is 0 Å². The Balaban J connectivity index is 2.05. The molecular formula is C27H44N4O4. The van der Waals surface area contributed by atoms with Crippen LogP contribution in [0.1, 0.15) is 63.9 Å². The SMILES string of the molecule is CC(C)C(CN(C)Cc1ccccc1C=O)NC(=O)NC(C(=O)N1CC(CO)CC1C)C(C)(C)C. The molecule has 0 aliphatic carbocycles. The Morgan fingerprint density at radius 3 is 2.43 bits per heavy atom. The van der Waals surface area contributed by atoms with Crippen molar-refractivity contribution in [3.8, 4) is 0 Å². The number of carbonyl (C=O) groups is 3. The van der Waals surface area contributed by atoms with E-state index in [4.69, 9.17) is 0 Å². The molecule has 3 amide bonds. The predicted octanol–water partition coefficient (Wildman–Crippen LogP) is 2.90. The highest BCUT2D eigenvalue weighted by molar-refractivity contribution is 5.88. The molecule has 8 heteroatoms. The monoisotopic (exact) mass is 488 g/mol. The number of amides is 3. The average molecular weight is 489 g/mol. The van der Waals surface area contributed by atoms with E-state index in [0.29, 0.717) is 25.2 Å². The molecule has 0 aromatic heterocycles. The fraction of sp³-hybridized carbons (Fsp3) is 0.667. The fourth-order valence-corrected chi connectivity index (χ4v) is 4.64. The average Bonchev–Trinajstić information content (AvgIpc) is 3.16. The van der Waals surface area contributed by atoms with Crippen LogP contribution in [0.25, 0.3) is 0 Å². The number of nitrogens with zero attached hydrogens (tertiary/aromatic N) is 2. The molecule has 196 valence electrons. The molecule has 0 saturated carbocycles. The summed E-state index contributed by atoms with van der Waals surface area (Å²) in [4.78, 5) is 41.7. The van der Waals surface area contributed by atoms with Gasteiger partial charge in [0, 0.05) is 49.8 Å². The highest BCUT2D eigenvalue weighted by Gasteiger charge is 2.41. The maximum absolute atomic E-state index is 13.4. The van der Waals surface area contributed by atoms with Gasteiger partial charge in [-0.15, -0.1) is 0 Å². The summed E-state index contributed by atoms with van der Waals surface area (Å²) in [6.45, 7) is 13.7. The first-order valence-corrected chi connectivity index (χ1v) is 12.6. The minimum Gasteiger partial charge on any atom is -0.396 e. The summed E-state index contributed by atoms with van der Waals surface area (Å²) >= 11 is 0. The van der Waals surface area contributed by atoms with E-state index < -0.39 is 11.5 Å². The summed E-state index contributed by atoms with van der Waals surface area (Å²) in [5.41, 5.74) is 1.13. The van der Waals surface area contributed by atoms with E-state index in [1.807, 2.05) is 66.8 Å². The highest BCUT2D eigenvalue weighted by atomic mass is 16.3. The van der Waals surface area contributed by atoms with Crippen molar-refractivity contribution in [3.05, 3.63) is 35.4 Å². The molecule has 35 heavy (non-hydrogen) atoms. The Morgan fingerprint density at radius 2 is 1.89 bits per heavy atom. The van der Waals surface area contributed by atoms with Gasteiger partial charge in [0.15, 0.2) is 0 Å². The van der Waals surface area contributed by atoms with Crippen LogP contribution in [-0.4, -0.2) is 78.0 Å².